The second-order valence-electron chi connectivity index (χ2n) is 4.26. The lowest BCUT2D eigenvalue weighted by atomic mass is 10.2. The normalized spacial score (nSPS) is 15.3. The van der Waals surface area contributed by atoms with E-state index in [1.807, 2.05) is 0 Å². The van der Waals surface area contributed by atoms with Gasteiger partial charge in [0, 0.05) is 13.0 Å². The standard InChI is InChI=1S/C12H15NO6S/c1-18-12(15)10(14)7-13-20(16,17)9-2-3-11-8(6-9)4-5-19-11/h2-3,6,10,13-14H,4-5,7H2,1H3. The van der Waals surface area contributed by atoms with Crippen LogP contribution in [0, 0.1) is 0 Å². The fourth-order valence-corrected chi connectivity index (χ4v) is 2.91. The summed E-state index contributed by atoms with van der Waals surface area (Å²) in [6.45, 7) is 0.0932. The highest BCUT2D eigenvalue weighted by molar-refractivity contribution is 7.89. The van der Waals surface area contributed by atoms with Gasteiger partial charge in [-0.15, -0.1) is 0 Å². The molecule has 0 saturated carbocycles. The molecule has 110 valence electrons. The Bertz CT molecular complexity index is 612. The molecule has 0 fully saturated rings. The molecule has 7 nitrogen and oxygen atoms in total. The Morgan fingerprint density at radius 1 is 1.55 bits per heavy atom. The molecule has 20 heavy (non-hydrogen) atoms. The topological polar surface area (TPSA) is 102 Å². The number of rotatable bonds is 5. The molecule has 0 saturated heterocycles. The van der Waals surface area contributed by atoms with Crippen LogP contribution in [0.25, 0.3) is 0 Å². The van der Waals surface area contributed by atoms with E-state index in [1.165, 1.54) is 12.1 Å². The molecule has 1 aliphatic rings. The van der Waals surface area contributed by atoms with Gasteiger partial charge in [0.2, 0.25) is 10.0 Å². The van der Waals surface area contributed by atoms with Gasteiger partial charge in [-0.25, -0.2) is 17.9 Å². The number of sulfonamides is 1. The van der Waals surface area contributed by atoms with Gasteiger partial charge in [-0.3, -0.25) is 0 Å². The first-order chi connectivity index (χ1) is 9.44. The maximum absolute atomic E-state index is 12.0. The number of fused-ring (bicyclic) bond motifs is 1. The lowest BCUT2D eigenvalue weighted by Crippen LogP contribution is -2.37. The summed E-state index contributed by atoms with van der Waals surface area (Å²) in [5.41, 5.74) is 0.821. The highest BCUT2D eigenvalue weighted by atomic mass is 32.2. The predicted octanol–water partition coefficient (Wildman–Crippen LogP) is -0.566. The number of benzene rings is 1. The van der Waals surface area contributed by atoms with Gasteiger partial charge in [-0.05, 0) is 23.8 Å². The number of carbonyl (C=O) groups is 1. The minimum Gasteiger partial charge on any atom is -0.493 e. The molecule has 1 unspecified atom stereocenters. The summed E-state index contributed by atoms with van der Waals surface area (Å²) in [6.07, 6.45) is -0.878. The van der Waals surface area contributed by atoms with E-state index in [-0.39, 0.29) is 4.90 Å². The number of nitrogens with one attached hydrogen (secondary N) is 1. The number of ether oxygens (including phenoxy) is 2. The van der Waals surface area contributed by atoms with Crippen LogP contribution in [0.2, 0.25) is 0 Å². The third-order valence-corrected chi connectivity index (χ3v) is 4.33. The smallest absolute Gasteiger partial charge is 0.336 e. The van der Waals surface area contributed by atoms with E-state index < -0.39 is 28.6 Å². The third kappa shape index (κ3) is 3.09. The van der Waals surface area contributed by atoms with Gasteiger partial charge < -0.3 is 14.6 Å². The summed E-state index contributed by atoms with van der Waals surface area (Å²) in [4.78, 5) is 11.1. The van der Waals surface area contributed by atoms with Crippen LogP contribution in [0.15, 0.2) is 23.1 Å². The van der Waals surface area contributed by atoms with Gasteiger partial charge in [0.15, 0.2) is 6.10 Å². The van der Waals surface area contributed by atoms with Crippen molar-refractivity contribution in [3.63, 3.8) is 0 Å². The number of aliphatic hydroxyl groups excluding tert-OH is 1. The maximum Gasteiger partial charge on any atom is 0.336 e. The highest BCUT2D eigenvalue weighted by Gasteiger charge is 2.22. The zero-order chi connectivity index (χ0) is 14.8. The van der Waals surface area contributed by atoms with E-state index in [2.05, 4.69) is 9.46 Å². The van der Waals surface area contributed by atoms with Crippen molar-refractivity contribution < 1.29 is 27.8 Å². The van der Waals surface area contributed by atoms with Crippen molar-refractivity contribution in [1.82, 2.24) is 4.72 Å². The first-order valence-corrected chi connectivity index (χ1v) is 7.43. The van der Waals surface area contributed by atoms with Crippen LogP contribution in [-0.4, -0.2) is 45.9 Å². The third-order valence-electron chi connectivity index (χ3n) is 2.91. The van der Waals surface area contributed by atoms with E-state index in [1.54, 1.807) is 6.07 Å². The number of hydrogen-bond donors (Lipinski definition) is 2. The molecule has 1 aromatic carbocycles. The number of aliphatic hydroxyl groups is 1. The molecule has 0 spiro atoms. The Kier molecular flexibility index (Phi) is 4.26. The monoisotopic (exact) mass is 301 g/mol. The van der Waals surface area contributed by atoms with Crippen molar-refractivity contribution in [1.29, 1.82) is 0 Å². The maximum atomic E-state index is 12.0. The molecule has 0 aliphatic carbocycles. The van der Waals surface area contributed by atoms with Crippen LogP contribution in [-0.2, 0) is 26.0 Å². The lowest BCUT2D eigenvalue weighted by molar-refractivity contribution is -0.149. The Balaban J connectivity index is 2.09. The summed E-state index contributed by atoms with van der Waals surface area (Å²) >= 11 is 0. The molecule has 0 radical (unpaired) electrons. The SMILES string of the molecule is COC(=O)C(O)CNS(=O)(=O)c1ccc2c(c1)CCO2. The summed E-state index contributed by atoms with van der Waals surface area (Å²) in [7, 11) is -2.68. The molecule has 0 aromatic heterocycles. The average Bonchev–Trinajstić information content (AvgIpc) is 2.91. The second-order valence-corrected chi connectivity index (χ2v) is 6.03. The van der Waals surface area contributed by atoms with Crippen molar-refractivity contribution in [2.45, 2.75) is 17.4 Å². The predicted molar refractivity (Wildman–Crippen MR) is 68.9 cm³/mol. The molecule has 0 amide bonds. The largest absolute Gasteiger partial charge is 0.493 e. The molecule has 1 atom stereocenters. The minimum atomic E-state index is -3.79. The summed E-state index contributed by atoms with van der Waals surface area (Å²) in [5.74, 6) is -0.214. The molecule has 1 aliphatic heterocycles. The van der Waals surface area contributed by atoms with Crippen LogP contribution in [0.3, 0.4) is 0 Å². The fourth-order valence-electron chi connectivity index (χ4n) is 1.82. The molecule has 2 rings (SSSR count). The second kappa shape index (κ2) is 5.78. The van der Waals surface area contributed by atoms with Gasteiger partial charge >= 0.3 is 5.97 Å². The summed E-state index contributed by atoms with van der Waals surface area (Å²) < 4.78 is 35.8. The zero-order valence-corrected chi connectivity index (χ0v) is 11.6. The van der Waals surface area contributed by atoms with Gasteiger partial charge in [-0.2, -0.15) is 0 Å². The van der Waals surface area contributed by atoms with Crippen molar-refractivity contribution in [2.24, 2.45) is 0 Å². The molecular formula is C12H15NO6S. The van der Waals surface area contributed by atoms with E-state index in [9.17, 15) is 18.3 Å². The van der Waals surface area contributed by atoms with Gasteiger partial charge in [0.1, 0.15) is 5.75 Å². The number of hydrogen-bond acceptors (Lipinski definition) is 6. The highest BCUT2D eigenvalue weighted by Crippen LogP contribution is 2.27. The van der Waals surface area contributed by atoms with Crippen LogP contribution in [0.5, 0.6) is 5.75 Å². The van der Waals surface area contributed by atoms with Crippen molar-refractivity contribution in [3.05, 3.63) is 23.8 Å². The van der Waals surface area contributed by atoms with Crippen LogP contribution < -0.4 is 9.46 Å². The number of carbonyl (C=O) groups excluding carboxylic acids is 1. The van der Waals surface area contributed by atoms with Crippen molar-refractivity contribution in [2.75, 3.05) is 20.3 Å². The Hall–Kier alpha value is -1.64. The first kappa shape index (κ1) is 14.8. The molecule has 1 heterocycles. The minimum absolute atomic E-state index is 0.0683. The molecule has 1 aromatic rings. The molecule has 8 heteroatoms. The van der Waals surface area contributed by atoms with Gasteiger partial charge in [0.25, 0.3) is 0 Å². The van der Waals surface area contributed by atoms with E-state index in [0.717, 1.165) is 12.7 Å². The average molecular weight is 301 g/mol. The van der Waals surface area contributed by atoms with Crippen LogP contribution in [0.1, 0.15) is 5.56 Å². The fraction of sp³-hybridized carbons (Fsp3) is 0.417. The van der Waals surface area contributed by atoms with Gasteiger partial charge in [-0.1, -0.05) is 0 Å². The first-order valence-electron chi connectivity index (χ1n) is 5.95. The molecular weight excluding hydrogens is 286 g/mol. The Labute approximate surface area is 116 Å². The Morgan fingerprint density at radius 3 is 3.00 bits per heavy atom. The quantitative estimate of drug-likeness (QED) is 0.706. The number of esters is 1. The number of methoxy groups -OCH3 is 1. The Morgan fingerprint density at radius 2 is 2.30 bits per heavy atom. The van der Waals surface area contributed by atoms with Crippen molar-refractivity contribution >= 4 is 16.0 Å². The van der Waals surface area contributed by atoms with Gasteiger partial charge in [0.05, 0.1) is 18.6 Å². The van der Waals surface area contributed by atoms with Crippen LogP contribution >= 0.6 is 0 Å². The van der Waals surface area contributed by atoms with E-state index in [0.29, 0.717) is 18.8 Å². The van der Waals surface area contributed by atoms with Crippen LogP contribution in [0.4, 0.5) is 0 Å². The van der Waals surface area contributed by atoms with E-state index in [4.69, 9.17) is 4.74 Å². The zero-order valence-electron chi connectivity index (χ0n) is 10.8. The van der Waals surface area contributed by atoms with Crippen molar-refractivity contribution in [3.8, 4) is 5.75 Å². The summed E-state index contributed by atoms with van der Waals surface area (Å²) in [6, 6.07) is 4.53. The lowest BCUT2D eigenvalue weighted by Gasteiger charge is -2.11. The molecule has 2 N–H and O–H groups in total. The molecule has 0 bridgehead atoms. The summed E-state index contributed by atoms with van der Waals surface area (Å²) in [5, 5.41) is 9.36. The van der Waals surface area contributed by atoms with E-state index >= 15 is 0 Å².